The van der Waals surface area contributed by atoms with Crippen molar-refractivity contribution in [3.05, 3.63) is 82.5 Å². The van der Waals surface area contributed by atoms with Gasteiger partial charge in [-0.25, -0.2) is 4.98 Å². The third-order valence-electron chi connectivity index (χ3n) is 3.98. The number of rotatable bonds is 7. The number of benzene rings is 2. The third kappa shape index (κ3) is 6.60. The molecule has 0 radical (unpaired) electrons. The van der Waals surface area contributed by atoms with E-state index in [0.717, 1.165) is 15.5 Å². The SMILES string of the molecule is O=C(O)C[C@H](NC(=S)Nc1cccnc1Sc1ccc(Cl)cc1)c1cccc(Cl)c1. The van der Waals surface area contributed by atoms with Crippen LogP contribution < -0.4 is 10.6 Å². The standard InChI is InChI=1S/C21H17Cl2N3O2S2/c22-14-6-8-16(9-7-14)30-20-17(5-2-10-24-20)25-21(29)26-18(12-19(27)28)13-3-1-4-15(23)11-13/h1-11,18H,12H2,(H,27,28)(H2,25,26,29)/t18-/m0/s1. The van der Waals surface area contributed by atoms with E-state index in [1.807, 2.05) is 30.3 Å². The van der Waals surface area contributed by atoms with Crippen LogP contribution in [0, 0.1) is 0 Å². The first-order valence-electron chi connectivity index (χ1n) is 8.84. The molecular formula is C21H17Cl2N3O2S2. The summed E-state index contributed by atoms with van der Waals surface area (Å²) < 4.78 is 0. The van der Waals surface area contributed by atoms with E-state index >= 15 is 0 Å². The lowest BCUT2D eigenvalue weighted by atomic mass is 10.0. The number of aliphatic carboxylic acids is 1. The molecule has 5 nitrogen and oxygen atoms in total. The fourth-order valence-electron chi connectivity index (χ4n) is 2.65. The minimum Gasteiger partial charge on any atom is -0.481 e. The predicted octanol–water partition coefficient (Wildman–Crippen LogP) is 6.04. The van der Waals surface area contributed by atoms with Crippen LogP contribution in [0.4, 0.5) is 5.69 Å². The van der Waals surface area contributed by atoms with Gasteiger partial charge < -0.3 is 15.7 Å². The number of carbonyl (C=O) groups is 1. The Morgan fingerprint density at radius 3 is 2.57 bits per heavy atom. The summed E-state index contributed by atoms with van der Waals surface area (Å²) in [5, 5.41) is 17.7. The molecule has 0 bridgehead atoms. The van der Waals surface area contributed by atoms with Crippen molar-refractivity contribution in [1.82, 2.24) is 10.3 Å². The van der Waals surface area contributed by atoms with Gasteiger partial charge in [0.05, 0.1) is 18.2 Å². The molecule has 9 heteroatoms. The van der Waals surface area contributed by atoms with Gasteiger partial charge >= 0.3 is 5.97 Å². The molecule has 1 heterocycles. The predicted molar refractivity (Wildman–Crippen MR) is 126 cm³/mol. The Labute approximate surface area is 193 Å². The zero-order chi connectivity index (χ0) is 21.5. The van der Waals surface area contributed by atoms with Crippen LogP contribution in [0.5, 0.6) is 0 Å². The van der Waals surface area contributed by atoms with Crippen molar-refractivity contribution >= 4 is 64.0 Å². The lowest BCUT2D eigenvalue weighted by molar-refractivity contribution is -0.137. The van der Waals surface area contributed by atoms with E-state index in [-0.39, 0.29) is 11.5 Å². The molecule has 1 aromatic heterocycles. The highest BCUT2D eigenvalue weighted by Crippen LogP contribution is 2.32. The number of carboxylic acids is 1. The van der Waals surface area contributed by atoms with Crippen LogP contribution in [-0.4, -0.2) is 21.2 Å². The number of pyridine rings is 1. The van der Waals surface area contributed by atoms with E-state index in [1.165, 1.54) is 11.8 Å². The average Bonchev–Trinajstić information content (AvgIpc) is 2.70. The van der Waals surface area contributed by atoms with Crippen LogP contribution >= 0.6 is 47.2 Å². The highest BCUT2D eigenvalue weighted by Gasteiger charge is 2.18. The van der Waals surface area contributed by atoms with Gasteiger partial charge in [0.2, 0.25) is 0 Å². The zero-order valence-electron chi connectivity index (χ0n) is 15.5. The summed E-state index contributed by atoms with van der Waals surface area (Å²) in [6.45, 7) is 0. The van der Waals surface area contributed by atoms with E-state index in [9.17, 15) is 9.90 Å². The molecule has 0 spiro atoms. The molecule has 0 fully saturated rings. The Morgan fingerprint density at radius 1 is 1.10 bits per heavy atom. The fraction of sp³-hybridized carbons (Fsp3) is 0.0952. The molecule has 3 rings (SSSR count). The third-order valence-corrected chi connectivity index (χ3v) is 5.72. The quantitative estimate of drug-likeness (QED) is 0.358. The highest BCUT2D eigenvalue weighted by atomic mass is 35.5. The molecule has 2 aromatic carbocycles. The topological polar surface area (TPSA) is 74.2 Å². The lowest BCUT2D eigenvalue weighted by Gasteiger charge is -2.21. The molecule has 0 aliphatic heterocycles. The van der Waals surface area contributed by atoms with Gasteiger partial charge in [0, 0.05) is 21.1 Å². The minimum atomic E-state index is -0.948. The molecule has 0 saturated heterocycles. The minimum absolute atomic E-state index is 0.151. The number of thiocarbonyl (C=S) groups is 1. The van der Waals surface area contributed by atoms with Gasteiger partial charge in [-0.1, -0.05) is 47.1 Å². The molecule has 0 aliphatic rings. The van der Waals surface area contributed by atoms with Gasteiger partial charge in [-0.2, -0.15) is 0 Å². The van der Waals surface area contributed by atoms with Crippen LogP contribution in [0.25, 0.3) is 0 Å². The average molecular weight is 478 g/mol. The number of halogens is 2. The number of hydrogen-bond donors (Lipinski definition) is 3. The Morgan fingerprint density at radius 2 is 1.87 bits per heavy atom. The first-order chi connectivity index (χ1) is 14.4. The Balaban J connectivity index is 1.74. The van der Waals surface area contributed by atoms with Crippen LogP contribution in [0.15, 0.2) is 76.8 Å². The number of aromatic nitrogens is 1. The number of nitrogens with zero attached hydrogens (tertiary/aromatic N) is 1. The second-order valence-electron chi connectivity index (χ2n) is 6.22. The van der Waals surface area contributed by atoms with Gasteiger partial charge in [0.25, 0.3) is 0 Å². The summed E-state index contributed by atoms with van der Waals surface area (Å²) in [6.07, 6.45) is 1.54. The van der Waals surface area contributed by atoms with Crippen molar-refractivity contribution in [3.63, 3.8) is 0 Å². The molecule has 0 saturated carbocycles. The second-order valence-corrected chi connectivity index (χ2v) is 8.56. The van der Waals surface area contributed by atoms with Gasteiger partial charge in [-0.05, 0) is 66.3 Å². The number of nitrogens with one attached hydrogen (secondary N) is 2. The smallest absolute Gasteiger partial charge is 0.305 e. The summed E-state index contributed by atoms with van der Waals surface area (Å²) in [6, 6.07) is 17.6. The summed E-state index contributed by atoms with van der Waals surface area (Å²) in [5.74, 6) is -0.948. The highest BCUT2D eigenvalue weighted by molar-refractivity contribution is 7.99. The maximum atomic E-state index is 11.3. The lowest BCUT2D eigenvalue weighted by Crippen LogP contribution is -2.33. The van der Waals surface area contributed by atoms with Crippen molar-refractivity contribution in [2.45, 2.75) is 22.4 Å². The van der Waals surface area contributed by atoms with Gasteiger partial charge in [-0.15, -0.1) is 0 Å². The van der Waals surface area contributed by atoms with Crippen LogP contribution in [-0.2, 0) is 4.79 Å². The Hall–Kier alpha value is -2.32. The second kappa shape index (κ2) is 10.6. The molecule has 154 valence electrons. The molecule has 1 atom stereocenters. The van der Waals surface area contributed by atoms with E-state index in [1.54, 1.807) is 36.5 Å². The molecule has 3 N–H and O–H groups in total. The monoisotopic (exact) mass is 477 g/mol. The molecule has 0 aliphatic carbocycles. The van der Waals surface area contributed by atoms with Crippen LogP contribution in [0.3, 0.4) is 0 Å². The van der Waals surface area contributed by atoms with E-state index in [4.69, 9.17) is 35.4 Å². The van der Waals surface area contributed by atoms with E-state index < -0.39 is 12.0 Å². The Kier molecular flexibility index (Phi) is 7.93. The summed E-state index contributed by atoms with van der Waals surface area (Å²) in [4.78, 5) is 16.7. The molecule has 0 amide bonds. The number of anilines is 1. The molecule has 30 heavy (non-hydrogen) atoms. The van der Waals surface area contributed by atoms with Gasteiger partial charge in [0.15, 0.2) is 5.11 Å². The number of carboxylic acid groups (broad SMARTS) is 1. The van der Waals surface area contributed by atoms with Crippen LogP contribution in [0.2, 0.25) is 10.0 Å². The number of hydrogen-bond acceptors (Lipinski definition) is 4. The maximum Gasteiger partial charge on any atom is 0.305 e. The Bertz CT molecular complexity index is 1050. The maximum absolute atomic E-state index is 11.3. The van der Waals surface area contributed by atoms with Gasteiger partial charge in [-0.3, -0.25) is 4.79 Å². The summed E-state index contributed by atoms with van der Waals surface area (Å²) in [7, 11) is 0. The zero-order valence-corrected chi connectivity index (χ0v) is 18.7. The first-order valence-corrected chi connectivity index (χ1v) is 10.8. The van der Waals surface area contributed by atoms with Crippen LogP contribution in [0.1, 0.15) is 18.0 Å². The molecule has 0 unspecified atom stereocenters. The van der Waals surface area contributed by atoms with Crippen molar-refractivity contribution in [2.75, 3.05) is 5.32 Å². The van der Waals surface area contributed by atoms with Crippen molar-refractivity contribution in [3.8, 4) is 0 Å². The van der Waals surface area contributed by atoms with Crippen molar-refractivity contribution in [1.29, 1.82) is 0 Å². The first kappa shape index (κ1) is 22.4. The van der Waals surface area contributed by atoms with E-state index in [2.05, 4.69) is 15.6 Å². The largest absolute Gasteiger partial charge is 0.481 e. The normalized spacial score (nSPS) is 11.5. The summed E-state index contributed by atoms with van der Waals surface area (Å²) >= 11 is 18.9. The van der Waals surface area contributed by atoms with Crippen molar-refractivity contribution in [2.24, 2.45) is 0 Å². The molecular weight excluding hydrogens is 461 g/mol. The summed E-state index contributed by atoms with van der Waals surface area (Å²) in [5.41, 5.74) is 1.44. The fourth-order valence-corrected chi connectivity index (χ4v) is 4.06. The molecule has 3 aromatic rings. The van der Waals surface area contributed by atoms with E-state index in [0.29, 0.717) is 15.7 Å². The van der Waals surface area contributed by atoms with Gasteiger partial charge in [0.1, 0.15) is 5.03 Å². The van der Waals surface area contributed by atoms with Crippen molar-refractivity contribution < 1.29 is 9.90 Å².